The topological polar surface area (TPSA) is 68.0 Å². The number of anilines is 2. The quantitative estimate of drug-likeness (QED) is 0.852. The van der Waals surface area contributed by atoms with Gasteiger partial charge in [0.2, 0.25) is 0 Å². The van der Waals surface area contributed by atoms with Crippen LogP contribution in [0.3, 0.4) is 0 Å². The van der Waals surface area contributed by atoms with E-state index in [0.717, 1.165) is 4.90 Å². The average molecular weight is 294 g/mol. The molecular formula is C13H12ClN3OS. The van der Waals surface area contributed by atoms with Crippen molar-refractivity contribution in [1.82, 2.24) is 4.98 Å². The van der Waals surface area contributed by atoms with E-state index in [9.17, 15) is 4.79 Å². The number of aromatic nitrogens is 1. The van der Waals surface area contributed by atoms with Crippen LogP contribution in [0.4, 0.5) is 11.5 Å². The van der Waals surface area contributed by atoms with Gasteiger partial charge in [0.15, 0.2) is 0 Å². The van der Waals surface area contributed by atoms with Gasteiger partial charge >= 0.3 is 0 Å². The van der Waals surface area contributed by atoms with Gasteiger partial charge in [0.1, 0.15) is 11.5 Å². The SMILES string of the molecule is CSc1ccc(NC(=O)c2nc(N)ccc2Cl)cc1. The Morgan fingerprint density at radius 3 is 2.58 bits per heavy atom. The molecule has 98 valence electrons. The van der Waals surface area contributed by atoms with Crippen molar-refractivity contribution < 1.29 is 4.79 Å². The lowest BCUT2D eigenvalue weighted by atomic mass is 10.3. The Morgan fingerprint density at radius 2 is 1.95 bits per heavy atom. The van der Waals surface area contributed by atoms with Gasteiger partial charge in [-0.25, -0.2) is 4.98 Å². The molecule has 0 fully saturated rings. The summed E-state index contributed by atoms with van der Waals surface area (Å²) < 4.78 is 0. The third-order valence-electron chi connectivity index (χ3n) is 2.43. The molecule has 0 aliphatic rings. The largest absolute Gasteiger partial charge is 0.384 e. The van der Waals surface area contributed by atoms with Gasteiger partial charge in [-0.05, 0) is 42.7 Å². The molecule has 1 aromatic heterocycles. The maximum absolute atomic E-state index is 12.0. The Balaban J connectivity index is 2.18. The van der Waals surface area contributed by atoms with E-state index < -0.39 is 0 Å². The summed E-state index contributed by atoms with van der Waals surface area (Å²) in [5.74, 6) is -0.124. The van der Waals surface area contributed by atoms with Crippen LogP contribution in [0.1, 0.15) is 10.5 Å². The van der Waals surface area contributed by atoms with Gasteiger partial charge in [-0.3, -0.25) is 4.79 Å². The van der Waals surface area contributed by atoms with Crippen LogP contribution < -0.4 is 11.1 Å². The van der Waals surface area contributed by atoms with Crippen molar-refractivity contribution in [3.05, 3.63) is 47.1 Å². The molecule has 3 N–H and O–H groups in total. The highest BCUT2D eigenvalue weighted by atomic mass is 35.5. The van der Waals surface area contributed by atoms with Crippen LogP contribution in [0.5, 0.6) is 0 Å². The third-order valence-corrected chi connectivity index (χ3v) is 3.48. The van der Waals surface area contributed by atoms with Gasteiger partial charge < -0.3 is 11.1 Å². The third kappa shape index (κ3) is 3.39. The van der Waals surface area contributed by atoms with E-state index >= 15 is 0 Å². The Kier molecular flexibility index (Phi) is 4.29. The molecule has 0 spiro atoms. The Hall–Kier alpha value is -1.72. The van der Waals surface area contributed by atoms with E-state index in [1.807, 2.05) is 30.5 Å². The lowest BCUT2D eigenvalue weighted by molar-refractivity contribution is 0.102. The maximum Gasteiger partial charge on any atom is 0.275 e. The van der Waals surface area contributed by atoms with E-state index in [1.165, 1.54) is 0 Å². The molecule has 2 aromatic rings. The Labute approximate surface area is 120 Å². The van der Waals surface area contributed by atoms with Crippen LogP contribution in [0.2, 0.25) is 5.02 Å². The van der Waals surface area contributed by atoms with Crippen molar-refractivity contribution in [3.63, 3.8) is 0 Å². The van der Waals surface area contributed by atoms with Gasteiger partial charge in [0, 0.05) is 10.6 Å². The summed E-state index contributed by atoms with van der Waals surface area (Å²) in [5.41, 5.74) is 6.35. The van der Waals surface area contributed by atoms with Crippen molar-refractivity contribution in [1.29, 1.82) is 0 Å². The second-order valence-electron chi connectivity index (χ2n) is 3.75. The number of carbonyl (C=O) groups is 1. The molecule has 0 saturated carbocycles. The summed E-state index contributed by atoms with van der Waals surface area (Å²) in [7, 11) is 0. The van der Waals surface area contributed by atoms with Gasteiger partial charge in [-0.2, -0.15) is 0 Å². The zero-order valence-electron chi connectivity index (χ0n) is 10.2. The zero-order valence-corrected chi connectivity index (χ0v) is 11.8. The summed E-state index contributed by atoms with van der Waals surface area (Å²) in [6.45, 7) is 0. The molecule has 0 atom stereocenters. The molecule has 0 radical (unpaired) electrons. The van der Waals surface area contributed by atoms with E-state index in [-0.39, 0.29) is 22.4 Å². The van der Waals surface area contributed by atoms with Gasteiger partial charge in [-0.15, -0.1) is 11.8 Å². The van der Waals surface area contributed by atoms with Gasteiger partial charge in [0.25, 0.3) is 5.91 Å². The molecule has 2 rings (SSSR count). The summed E-state index contributed by atoms with van der Waals surface area (Å²) >= 11 is 7.56. The highest BCUT2D eigenvalue weighted by Gasteiger charge is 2.12. The number of hydrogen-bond donors (Lipinski definition) is 2. The molecule has 6 heteroatoms. The van der Waals surface area contributed by atoms with Crippen molar-refractivity contribution >= 4 is 40.8 Å². The molecule has 1 aromatic carbocycles. The summed E-state index contributed by atoms with van der Waals surface area (Å²) in [6, 6.07) is 10.6. The molecular weight excluding hydrogens is 282 g/mol. The van der Waals surface area contributed by atoms with Gasteiger partial charge in [-0.1, -0.05) is 11.6 Å². The Morgan fingerprint density at radius 1 is 1.26 bits per heavy atom. The van der Waals surface area contributed by atoms with Crippen molar-refractivity contribution in [2.45, 2.75) is 4.90 Å². The number of nitrogens with zero attached hydrogens (tertiary/aromatic N) is 1. The minimum absolute atomic E-state index is 0.121. The minimum Gasteiger partial charge on any atom is -0.384 e. The van der Waals surface area contributed by atoms with Crippen molar-refractivity contribution in [2.75, 3.05) is 17.3 Å². The van der Waals surface area contributed by atoms with Crippen LogP contribution >= 0.6 is 23.4 Å². The van der Waals surface area contributed by atoms with Crippen LogP contribution in [0, 0.1) is 0 Å². The monoisotopic (exact) mass is 293 g/mol. The second kappa shape index (κ2) is 5.95. The van der Waals surface area contributed by atoms with E-state index in [2.05, 4.69) is 10.3 Å². The van der Waals surface area contributed by atoms with E-state index in [0.29, 0.717) is 5.69 Å². The number of nitrogens with two attached hydrogens (primary N) is 1. The van der Waals surface area contributed by atoms with Gasteiger partial charge in [0.05, 0.1) is 5.02 Å². The molecule has 0 unspecified atom stereocenters. The Bertz CT molecular complexity index is 601. The number of benzene rings is 1. The zero-order chi connectivity index (χ0) is 13.8. The van der Waals surface area contributed by atoms with Crippen molar-refractivity contribution in [3.8, 4) is 0 Å². The molecule has 1 amide bonds. The number of nitrogens with one attached hydrogen (secondary N) is 1. The molecule has 19 heavy (non-hydrogen) atoms. The molecule has 4 nitrogen and oxygen atoms in total. The van der Waals surface area contributed by atoms with E-state index in [1.54, 1.807) is 23.9 Å². The van der Waals surface area contributed by atoms with Crippen LogP contribution in [-0.2, 0) is 0 Å². The predicted octanol–water partition coefficient (Wildman–Crippen LogP) is 3.29. The first-order chi connectivity index (χ1) is 9.10. The first kappa shape index (κ1) is 13.7. The maximum atomic E-state index is 12.0. The number of hydrogen-bond acceptors (Lipinski definition) is 4. The number of halogens is 1. The summed E-state index contributed by atoms with van der Waals surface area (Å²) in [4.78, 5) is 17.1. The van der Waals surface area contributed by atoms with Crippen molar-refractivity contribution in [2.24, 2.45) is 0 Å². The summed E-state index contributed by atoms with van der Waals surface area (Å²) in [6.07, 6.45) is 1.99. The standard InChI is InChI=1S/C13H12ClN3OS/c1-19-9-4-2-8(3-5-9)16-13(18)12-10(14)6-7-11(15)17-12/h2-7H,1H3,(H2,15,17)(H,16,18). The smallest absolute Gasteiger partial charge is 0.275 e. The van der Waals surface area contributed by atoms with Crippen LogP contribution in [0.15, 0.2) is 41.3 Å². The first-order valence-electron chi connectivity index (χ1n) is 5.47. The molecule has 0 aliphatic carbocycles. The molecule has 1 heterocycles. The number of rotatable bonds is 3. The number of amides is 1. The lowest BCUT2D eigenvalue weighted by Crippen LogP contribution is -2.15. The highest BCUT2D eigenvalue weighted by Crippen LogP contribution is 2.20. The van der Waals surface area contributed by atoms with Crippen LogP contribution in [-0.4, -0.2) is 17.1 Å². The molecule has 0 bridgehead atoms. The molecule has 0 saturated heterocycles. The molecule has 0 aliphatic heterocycles. The van der Waals surface area contributed by atoms with Crippen LogP contribution in [0.25, 0.3) is 0 Å². The number of thioether (sulfide) groups is 1. The highest BCUT2D eigenvalue weighted by molar-refractivity contribution is 7.98. The second-order valence-corrected chi connectivity index (χ2v) is 5.04. The normalized spacial score (nSPS) is 10.2. The number of carbonyl (C=O) groups excluding carboxylic acids is 1. The average Bonchev–Trinajstić information content (AvgIpc) is 2.42. The first-order valence-corrected chi connectivity index (χ1v) is 7.08. The fourth-order valence-corrected chi connectivity index (χ4v) is 2.08. The summed E-state index contributed by atoms with van der Waals surface area (Å²) in [5, 5.41) is 3.00. The fraction of sp³-hybridized carbons (Fsp3) is 0.0769. The predicted molar refractivity (Wildman–Crippen MR) is 79.8 cm³/mol. The fourth-order valence-electron chi connectivity index (χ4n) is 1.48. The number of nitrogen functional groups attached to an aromatic ring is 1. The lowest BCUT2D eigenvalue weighted by Gasteiger charge is -2.07. The minimum atomic E-state index is -0.380. The van der Waals surface area contributed by atoms with E-state index in [4.69, 9.17) is 17.3 Å². The number of pyridine rings is 1.